The van der Waals surface area contributed by atoms with Gasteiger partial charge in [0.05, 0.1) is 11.7 Å². The van der Waals surface area contributed by atoms with Gasteiger partial charge in [-0.05, 0) is 60.4 Å². The largest absolute Gasteiger partial charge is 0.460 e. The van der Waals surface area contributed by atoms with Crippen LogP contribution in [0.25, 0.3) is 0 Å². The van der Waals surface area contributed by atoms with Gasteiger partial charge in [0.2, 0.25) is 0 Å². The SMILES string of the molecule is c1ccc2c(c1)CC[C@H]2NC1=Nc2ccc(C3CC3)cc2CO1. The van der Waals surface area contributed by atoms with Crippen LogP contribution in [0, 0.1) is 0 Å². The van der Waals surface area contributed by atoms with E-state index < -0.39 is 0 Å². The monoisotopic (exact) mass is 304 g/mol. The standard InChI is InChI=1S/C20H20N2O/c1-2-4-17-14(3-1)7-10-19(17)22-20-21-18-9-8-15(13-5-6-13)11-16(18)12-23-20/h1-4,8-9,11,13,19H,5-7,10,12H2,(H,21,22)/t19-/m1/s1. The molecule has 3 nitrogen and oxygen atoms in total. The third-order valence-electron chi connectivity index (χ3n) is 5.17. The Balaban J connectivity index is 1.38. The van der Waals surface area contributed by atoms with E-state index in [0.717, 1.165) is 24.4 Å². The molecule has 0 bridgehead atoms. The van der Waals surface area contributed by atoms with Crippen LogP contribution in [0.3, 0.4) is 0 Å². The summed E-state index contributed by atoms with van der Waals surface area (Å²) in [7, 11) is 0. The van der Waals surface area contributed by atoms with Gasteiger partial charge in [-0.15, -0.1) is 0 Å². The normalized spacial score (nSPS) is 21.9. The van der Waals surface area contributed by atoms with Gasteiger partial charge in [0.25, 0.3) is 6.02 Å². The third-order valence-corrected chi connectivity index (χ3v) is 5.17. The summed E-state index contributed by atoms with van der Waals surface area (Å²) in [5.41, 5.74) is 6.54. The molecular weight excluding hydrogens is 284 g/mol. The number of aryl methyl sites for hydroxylation is 1. The van der Waals surface area contributed by atoms with Crippen LogP contribution in [0.2, 0.25) is 0 Å². The van der Waals surface area contributed by atoms with Crippen LogP contribution >= 0.6 is 0 Å². The van der Waals surface area contributed by atoms with Crippen molar-refractivity contribution in [2.45, 2.75) is 44.2 Å². The first-order valence-electron chi connectivity index (χ1n) is 8.55. The lowest BCUT2D eigenvalue weighted by molar-refractivity contribution is 0.266. The Kier molecular flexibility index (Phi) is 2.93. The summed E-state index contributed by atoms with van der Waals surface area (Å²) < 4.78 is 5.88. The minimum atomic E-state index is 0.317. The Morgan fingerprint density at radius 3 is 2.83 bits per heavy atom. The summed E-state index contributed by atoms with van der Waals surface area (Å²) in [5.74, 6) is 0.777. The zero-order valence-electron chi connectivity index (χ0n) is 13.1. The van der Waals surface area contributed by atoms with Gasteiger partial charge >= 0.3 is 0 Å². The fraction of sp³-hybridized carbons (Fsp3) is 0.350. The highest BCUT2D eigenvalue weighted by molar-refractivity contribution is 5.80. The summed E-state index contributed by atoms with van der Waals surface area (Å²) in [6.07, 6.45) is 4.89. The van der Waals surface area contributed by atoms with E-state index in [1.54, 1.807) is 0 Å². The van der Waals surface area contributed by atoms with E-state index >= 15 is 0 Å². The maximum Gasteiger partial charge on any atom is 0.290 e. The predicted octanol–water partition coefficient (Wildman–Crippen LogP) is 4.36. The number of benzene rings is 2. The minimum Gasteiger partial charge on any atom is -0.460 e. The number of fused-ring (bicyclic) bond motifs is 2. The molecule has 0 spiro atoms. The predicted molar refractivity (Wildman–Crippen MR) is 90.9 cm³/mol. The maximum absolute atomic E-state index is 5.88. The van der Waals surface area contributed by atoms with E-state index in [1.165, 1.54) is 35.1 Å². The number of hydrogen-bond donors (Lipinski definition) is 1. The van der Waals surface area contributed by atoms with Crippen molar-refractivity contribution < 1.29 is 4.74 Å². The molecule has 3 heteroatoms. The lowest BCUT2D eigenvalue weighted by Crippen LogP contribution is -2.30. The van der Waals surface area contributed by atoms with Crippen LogP contribution < -0.4 is 5.32 Å². The van der Waals surface area contributed by atoms with E-state index in [4.69, 9.17) is 4.74 Å². The van der Waals surface area contributed by atoms with Gasteiger partial charge in [0.15, 0.2) is 0 Å². The zero-order valence-corrected chi connectivity index (χ0v) is 13.1. The second kappa shape index (κ2) is 5.12. The van der Waals surface area contributed by atoms with E-state index in [2.05, 4.69) is 52.8 Å². The highest BCUT2D eigenvalue weighted by Crippen LogP contribution is 2.42. The van der Waals surface area contributed by atoms with Gasteiger partial charge in [0.1, 0.15) is 6.61 Å². The minimum absolute atomic E-state index is 0.317. The van der Waals surface area contributed by atoms with Crippen LogP contribution in [0.5, 0.6) is 0 Å². The quantitative estimate of drug-likeness (QED) is 0.894. The molecule has 1 heterocycles. The molecule has 1 aliphatic heterocycles. The molecule has 1 N–H and O–H groups in total. The number of amidine groups is 1. The van der Waals surface area contributed by atoms with E-state index in [-0.39, 0.29) is 0 Å². The molecule has 116 valence electrons. The van der Waals surface area contributed by atoms with Gasteiger partial charge in [0, 0.05) is 5.56 Å². The highest BCUT2D eigenvalue weighted by atomic mass is 16.5. The molecule has 2 aromatic rings. The third kappa shape index (κ3) is 2.40. The first-order chi connectivity index (χ1) is 11.4. The summed E-state index contributed by atoms with van der Waals surface area (Å²) >= 11 is 0. The average Bonchev–Trinajstić information content (AvgIpc) is 3.37. The second-order valence-electron chi connectivity index (χ2n) is 6.80. The van der Waals surface area contributed by atoms with Crippen molar-refractivity contribution in [1.29, 1.82) is 0 Å². The van der Waals surface area contributed by atoms with E-state index in [1.807, 2.05) is 0 Å². The van der Waals surface area contributed by atoms with Crippen LogP contribution in [0.1, 0.15) is 53.5 Å². The smallest absolute Gasteiger partial charge is 0.290 e. The zero-order chi connectivity index (χ0) is 15.2. The molecule has 1 atom stereocenters. The van der Waals surface area contributed by atoms with Crippen molar-refractivity contribution in [3.63, 3.8) is 0 Å². The number of nitrogens with zero attached hydrogens (tertiary/aromatic N) is 1. The second-order valence-corrected chi connectivity index (χ2v) is 6.80. The van der Waals surface area contributed by atoms with Crippen LogP contribution in [-0.2, 0) is 17.8 Å². The van der Waals surface area contributed by atoms with Gasteiger partial charge in [-0.2, -0.15) is 4.99 Å². The van der Waals surface area contributed by atoms with Crippen molar-refractivity contribution in [3.8, 4) is 0 Å². The van der Waals surface area contributed by atoms with Crippen molar-refractivity contribution in [3.05, 3.63) is 64.7 Å². The molecule has 0 radical (unpaired) electrons. The number of rotatable bonds is 2. The van der Waals surface area contributed by atoms with Crippen molar-refractivity contribution in [1.82, 2.24) is 5.32 Å². The first kappa shape index (κ1) is 13.2. The fourth-order valence-electron chi connectivity index (χ4n) is 3.72. The Hall–Kier alpha value is -2.29. The lowest BCUT2D eigenvalue weighted by Gasteiger charge is -2.22. The molecule has 5 rings (SSSR count). The Labute approximate surface area is 136 Å². The Morgan fingerprint density at radius 2 is 1.91 bits per heavy atom. The lowest BCUT2D eigenvalue weighted by atomic mass is 10.1. The van der Waals surface area contributed by atoms with Crippen molar-refractivity contribution >= 4 is 11.7 Å². The Morgan fingerprint density at radius 1 is 1.00 bits per heavy atom. The van der Waals surface area contributed by atoms with Gasteiger partial charge in [-0.25, -0.2) is 0 Å². The number of nitrogens with one attached hydrogen (secondary N) is 1. The van der Waals surface area contributed by atoms with Gasteiger partial charge < -0.3 is 10.1 Å². The number of ether oxygens (including phenoxy) is 1. The molecule has 23 heavy (non-hydrogen) atoms. The number of aliphatic imine (C=N–C) groups is 1. The molecule has 0 aromatic heterocycles. The Bertz CT molecular complexity index is 792. The molecule has 3 aliphatic rings. The van der Waals surface area contributed by atoms with Gasteiger partial charge in [-0.1, -0.05) is 30.3 Å². The highest BCUT2D eigenvalue weighted by Gasteiger charge is 2.26. The summed E-state index contributed by atoms with van der Waals surface area (Å²) in [4.78, 5) is 4.69. The van der Waals surface area contributed by atoms with Crippen molar-refractivity contribution in [2.75, 3.05) is 0 Å². The number of hydrogen-bond acceptors (Lipinski definition) is 3. The molecule has 0 unspecified atom stereocenters. The van der Waals surface area contributed by atoms with Crippen LogP contribution in [-0.4, -0.2) is 6.02 Å². The van der Waals surface area contributed by atoms with E-state index in [0.29, 0.717) is 18.7 Å². The molecule has 0 amide bonds. The van der Waals surface area contributed by atoms with Crippen molar-refractivity contribution in [2.24, 2.45) is 4.99 Å². The van der Waals surface area contributed by atoms with Crippen LogP contribution in [0.15, 0.2) is 47.5 Å². The van der Waals surface area contributed by atoms with E-state index in [9.17, 15) is 0 Å². The molecule has 2 aliphatic carbocycles. The summed E-state index contributed by atoms with van der Waals surface area (Å²) in [6, 6.07) is 16.3. The first-order valence-corrected chi connectivity index (χ1v) is 8.55. The molecular formula is C20H20N2O. The molecule has 2 aromatic carbocycles. The molecule has 0 saturated heterocycles. The van der Waals surface area contributed by atoms with Gasteiger partial charge in [-0.3, -0.25) is 0 Å². The summed E-state index contributed by atoms with van der Waals surface area (Å²) in [5, 5.41) is 3.49. The van der Waals surface area contributed by atoms with Crippen LogP contribution in [0.4, 0.5) is 5.69 Å². The fourth-order valence-corrected chi connectivity index (χ4v) is 3.72. The summed E-state index contributed by atoms with van der Waals surface area (Å²) in [6.45, 7) is 0.621. The average molecular weight is 304 g/mol. The molecule has 1 saturated carbocycles. The molecule has 1 fully saturated rings. The maximum atomic E-state index is 5.88. The topological polar surface area (TPSA) is 33.6 Å².